The van der Waals surface area contributed by atoms with Crippen LogP contribution in [0.15, 0.2) is 18.2 Å². The summed E-state index contributed by atoms with van der Waals surface area (Å²) in [4.78, 5) is 11.8. The number of aryl methyl sites for hydroxylation is 1. The third-order valence-electron chi connectivity index (χ3n) is 3.17. The molecule has 1 amide bonds. The molecule has 0 unspecified atom stereocenters. The number of methoxy groups -OCH3 is 2. The molecule has 23 heavy (non-hydrogen) atoms. The average molecular weight is 344 g/mol. The summed E-state index contributed by atoms with van der Waals surface area (Å²) in [6.45, 7) is 2.70. The third kappa shape index (κ3) is 6.07. The summed E-state index contributed by atoms with van der Waals surface area (Å²) in [7, 11) is -0.518. The van der Waals surface area contributed by atoms with E-state index in [-0.39, 0.29) is 18.9 Å². The molecule has 0 saturated carbocycles. The number of nitrogens with zero attached hydrogens (tertiary/aromatic N) is 1. The Morgan fingerprint density at radius 1 is 1.30 bits per heavy atom. The van der Waals surface area contributed by atoms with E-state index >= 15 is 0 Å². The molecule has 0 fully saturated rings. The summed E-state index contributed by atoms with van der Waals surface area (Å²) >= 11 is 0. The predicted octanol–water partition coefficient (Wildman–Crippen LogP) is 0.922. The zero-order valence-electron chi connectivity index (χ0n) is 14.0. The number of anilines is 1. The minimum atomic E-state index is -3.54. The van der Waals surface area contributed by atoms with E-state index in [9.17, 15) is 13.2 Å². The monoisotopic (exact) mass is 344 g/mol. The van der Waals surface area contributed by atoms with Crippen LogP contribution in [-0.2, 0) is 19.6 Å². The average Bonchev–Trinajstić information content (AvgIpc) is 2.46. The van der Waals surface area contributed by atoms with Crippen LogP contribution in [0.25, 0.3) is 0 Å². The fourth-order valence-electron chi connectivity index (χ4n) is 2.04. The van der Waals surface area contributed by atoms with Gasteiger partial charge in [0.1, 0.15) is 5.75 Å². The SMILES string of the molecule is COCCNC(=O)CCN(c1cc(C)ccc1OC)S(C)(=O)=O. The lowest BCUT2D eigenvalue weighted by Gasteiger charge is -2.24. The van der Waals surface area contributed by atoms with Gasteiger partial charge in [-0.3, -0.25) is 9.10 Å². The number of amides is 1. The van der Waals surface area contributed by atoms with Gasteiger partial charge in [-0.2, -0.15) is 0 Å². The first kappa shape index (κ1) is 19.2. The molecule has 0 radical (unpaired) electrons. The zero-order chi connectivity index (χ0) is 17.5. The molecule has 8 heteroatoms. The molecule has 1 rings (SSSR count). The molecule has 7 nitrogen and oxygen atoms in total. The second-order valence-electron chi connectivity index (χ2n) is 5.10. The van der Waals surface area contributed by atoms with Gasteiger partial charge >= 0.3 is 0 Å². The van der Waals surface area contributed by atoms with Gasteiger partial charge in [0.15, 0.2) is 0 Å². The van der Waals surface area contributed by atoms with Crippen LogP contribution in [0, 0.1) is 6.92 Å². The minimum Gasteiger partial charge on any atom is -0.495 e. The number of carbonyl (C=O) groups is 1. The van der Waals surface area contributed by atoms with Crippen LogP contribution in [0.4, 0.5) is 5.69 Å². The van der Waals surface area contributed by atoms with E-state index in [2.05, 4.69) is 5.32 Å². The van der Waals surface area contributed by atoms with Crippen molar-refractivity contribution in [2.24, 2.45) is 0 Å². The van der Waals surface area contributed by atoms with E-state index in [0.717, 1.165) is 11.8 Å². The van der Waals surface area contributed by atoms with Crippen molar-refractivity contribution in [1.29, 1.82) is 0 Å². The van der Waals surface area contributed by atoms with E-state index in [0.29, 0.717) is 24.6 Å². The Morgan fingerprint density at radius 3 is 2.57 bits per heavy atom. The number of nitrogens with one attached hydrogen (secondary N) is 1. The highest BCUT2D eigenvalue weighted by molar-refractivity contribution is 7.92. The van der Waals surface area contributed by atoms with Gasteiger partial charge in [-0.1, -0.05) is 6.07 Å². The molecular weight excluding hydrogens is 320 g/mol. The van der Waals surface area contributed by atoms with Crippen molar-refractivity contribution in [1.82, 2.24) is 5.32 Å². The van der Waals surface area contributed by atoms with E-state index in [1.807, 2.05) is 13.0 Å². The van der Waals surface area contributed by atoms with Crippen molar-refractivity contribution >= 4 is 21.6 Å². The molecule has 1 N–H and O–H groups in total. The van der Waals surface area contributed by atoms with E-state index in [4.69, 9.17) is 9.47 Å². The summed E-state index contributed by atoms with van der Waals surface area (Å²) < 4.78 is 35.5. The van der Waals surface area contributed by atoms with Gasteiger partial charge < -0.3 is 14.8 Å². The van der Waals surface area contributed by atoms with Gasteiger partial charge in [-0.05, 0) is 24.6 Å². The topological polar surface area (TPSA) is 84.9 Å². The predicted molar refractivity (Wildman–Crippen MR) is 89.4 cm³/mol. The highest BCUT2D eigenvalue weighted by atomic mass is 32.2. The van der Waals surface area contributed by atoms with Crippen molar-refractivity contribution in [2.75, 3.05) is 44.5 Å². The second kappa shape index (κ2) is 8.73. The summed E-state index contributed by atoms with van der Waals surface area (Å²) in [6.07, 6.45) is 1.16. The molecule has 1 aromatic rings. The fraction of sp³-hybridized carbons (Fsp3) is 0.533. The summed E-state index contributed by atoms with van der Waals surface area (Å²) in [6, 6.07) is 5.27. The number of benzene rings is 1. The van der Waals surface area contributed by atoms with E-state index < -0.39 is 10.0 Å². The maximum atomic E-state index is 12.1. The third-order valence-corrected chi connectivity index (χ3v) is 4.35. The number of rotatable bonds is 9. The zero-order valence-corrected chi connectivity index (χ0v) is 14.8. The van der Waals surface area contributed by atoms with Crippen LogP contribution in [0.5, 0.6) is 5.75 Å². The minimum absolute atomic E-state index is 0.0391. The Hall–Kier alpha value is -1.80. The summed E-state index contributed by atoms with van der Waals surface area (Å²) in [5.41, 5.74) is 1.33. The molecular formula is C15H24N2O5S. The maximum Gasteiger partial charge on any atom is 0.232 e. The van der Waals surface area contributed by atoms with Crippen LogP contribution in [0.3, 0.4) is 0 Å². The highest BCUT2D eigenvalue weighted by Crippen LogP contribution is 2.31. The van der Waals surface area contributed by atoms with E-state index in [1.54, 1.807) is 19.2 Å². The van der Waals surface area contributed by atoms with Gasteiger partial charge in [0, 0.05) is 26.6 Å². The van der Waals surface area contributed by atoms with Crippen LogP contribution < -0.4 is 14.4 Å². The number of carbonyl (C=O) groups excluding carboxylic acids is 1. The largest absolute Gasteiger partial charge is 0.495 e. The molecule has 130 valence electrons. The molecule has 0 aliphatic rings. The number of hydrogen-bond acceptors (Lipinski definition) is 5. The van der Waals surface area contributed by atoms with Crippen LogP contribution in [-0.4, -0.2) is 54.5 Å². The Kier molecular flexibility index (Phi) is 7.31. The molecule has 0 heterocycles. The van der Waals surface area contributed by atoms with Crippen molar-refractivity contribution in [3.8, 4) is 5.75 Å². The molecule has 0 saturated heterocycles. The van der Waals surface area contributed by atoms with Gasteiger partial charge in [0.05, 0.1) is 25.7 Å². The number of hydrogen-bond donors (Lipinski definition) is 1. The highest BCUT2D eigenvalue weighted by Gasteiger charge is 2.22. The van der Waals surface area contributed by atoms with Crippen LogP contribution >= 0.6 is 0 Å². The molecule has 0 atom stereocenters. The van der Waals surface area contributed by atoms with Crippen molar-refractivity contribution in [3.63, 3.8) is 0 Å². The number of ether oxygens (including phenoxy) is 2. The Labute approximate surface area is 137 Å². The molecule has 1 aromatic carbocycles. The van der Waals surface area contributed by atoms with Crippen molar-refractivity contribution in [2.45, 2.75) is 13.3 Å². The summed E-state index contributed by atoms with van der Waals surface area (Å²) in [5.74, 6) is 0.211. The second-order valence-corrected chi connectivity index (χ2v) is 7.01. The van der Waals surface area contributed by atoms with Crippen LogP contribution in [0.2, 0.25) is 0 Å². The number of sulfonamides is 1. The van der Waals surface area contributed by atoms with Gasteiger partial charge in [-0.15, -0.1) is 0 Å². The molecule has 0 aromatic heterocycles. The normalized spacial score (nSPS) is 11.1. The molecule has 0 spiro atoms. The Bertz CT molecular complexity index is 631. The summed E-state index contributed by atoms with van der Waals surface area (Å²) in [5, 5.41) is 2.67. The first-order valence-electron chi connectivity index (χ1n) is 7.17. The lowest BCUT2D eigenvalue weighted by atomic mass is 10.2. The molecule has 0 aliphatic heterocycles. The van der Waals surface area contributed by atoms with Crippen molar-refractivity contribution in [3.05, 3.63) is 23.8 Å². The van der Waals surface area contributed by atoms with Gasteiger partial charge in [0.25, 0.3) is 0 Å². The van der Waals surface area contributed by atoms with Gasteiger partial charge in [0.2, 0.25) is 15.9 Å². The standard InChI is InChI=1S/C15H24N2O5S/c1-12-5-6-14(22-3)13(11-12)17(23(4,19)20)9-7-15(18)16-8-10-21-2/h5-6,11H,7-10H2,1-4H3,(H,16,18). The van der Waals surface area contributed by atoms with E-state index in [1.165, 1.54) is 11.4 Å². The fourth-order valence-corrected chi connectivity index (χ4v) is 2.97. The quantitative estimate of drug-likeness (QED) is 0.674. The van der Waals surface area contributed by atoms with Crippen molar-refractivity contribution < 1.29 is 22.7 Å². The Morgan fingerprint density at radius 2 is 2.00 bits per heavy atom. The van der Waals surface area contributed by atoms with Crippen LogP contribution in [0.1, 0.15) is 12.0 Å². The maximum absolute atomic E-state index is 12.1. The van der Waals surface area contributed by atoms with Gasteiger partial charge in [-0.25, -0.2) is 8.42 Å². The molecule has 0 aliphatic carbocycles. The lowest BCUT2D eigenvalue weighted by Crippen LogP contribution is -2.35. The lowest BCUT2D eigenvalue weighted by molar-refractivity contribution is -0.121. The smallest absolute Gasteiger partial charge is 0.232 e. The first-order valence-corrected chi connectivity index (χ1v) is 9.02. The first-order chi connectivity index (χ1) is 10.8. The molecule has 0 bridgehead atoms. The Balaban J connectivity index is 2.91.